The van der Waals surface area contributed by atoms with E-state index in [0.717, 1.165) is 17.4 Å². The number of piperazine rings is 1. The molecule has 0 radical (unpaired) electrons. The summed E-state index contributed by atoms with van der Waals surface area (Å²) in [5.74, 6) is 0.872. The van der Waals surface area contributed by atoms with E-state index in [0.29, 0.717) is 43.0 Å². The van der Waals surface area contributed by atoms with Crippen molar-refractivity contribution in [3.63, 3.8) is 0 Å². The summed E-state index contributed by atoms with van der Waals surface area (Å²) < 4.78 is 28.3. The maximum Gasteiger partial charge on any atom is 0.320 e. The fraction of sp³-hybridized carbons (Fsp3) is 0.556. The Bertz CT molecular complexity index is 778. The summed E-state index contributed by atoms with van der Waals surface area (Å²) in [6.45, 7) is 1.99. The average Bonchev–Trinajstić information content (AvgIpc) is 3.40. The van der Waals surface area contributed by atoms with Crippen molar-refractivity contribution in [1.82, 2.24) is 19.4 Å². The minimum absolute atomic E-state index is 0.223. The zero-order chi connectivity index (χ0) is 17.6. The van der Waals surface area contributed by atoms with Gasteiger partial charge in [-0.2, -0.15) is 8.78 Å². The Hall–Kier alpha value is -2.02. The number of aromatic nitrogens is 2. The molecular weight excluding hydrogens is 326 g/mol. The van der Waals surface area contributed by atoms with Crippen molar-refractivity contribution in [2.24, 2.45) is 5.92 Å². The van der Waals surface area contributed by atoms with E-state index in [2.05, 4.69) is 9.88 Å². The number of rotatable bonds is 4. The predicted molar refractivity (Wildman–Crippen MR) is 90.3 cm³/mol. The van der Waals surface area contributed by atoms with E-state index >= 15 is 0 Å². The molecular formula is C18H22F2N4O. The lowest BCUT2D eigenvalue weighted by Crippen LogP contribution is -2.50. The van der Waals surface area contributed by atoms with Crippen LogP contribution in [0.15, 0.2) is 24.3 Å². The van der Waals surface area contributed by atoms with Gasteiger partial charge in [-0.1, -0.05) is 12.1 Å². The summed E-state index contributed by atoms with van der Waals surface area (Å²) in [5.41, 5.74) is 1.05. The highest BCUT2D eigenvalue weighted by Gasteiger charge is 2.36. The van der Waals surface area contributed by atoms with Gasteiger partial charge in [0.15, 0.2) is 0 Å². The number of carbonyl (C=O) groups excluding carboxylic acids is 1. The van der Waals surface area contributed by atoms with E-state index in [1.807, 2.05) is 17.9 Å². The third-order valence-electron chi connectivity index (χ3n) is 5.29. The summed E-state index contributed by atoms with van der Waals surface area (Å²) in [6.07, 6.45) is 2.02. The number of halogens is 2. The molecule has 1 aliphatic carbocycles. The summed E-state index contributed by atoms with van der Waals surface area (Å²) in [7, 11) is 0. The van der Waals surface area contributed by atoms with Crippen molar-refractivity contribution in [3.8, 4) is 0 Å². The fourth-order valence-corrected chi connectivity index (χ4v) is 3.64. The Morgan fingerprint density at radius 1 is 1.16 bits per heavy atom. The molecule has 0 N–H and O–H groups in total. The molecule has 1 saturated heterocycles. The van der Waals surface area contributed by atoms with Gasteiger partial charge in [-0.15, -0.1) is 0 Å². The summed E-state index contributed by atoms with van der Waals surface area (Å²) >= 11 is 0. The third kappa shape index (κ3) is 3.01. The van der Waals surface area contributed by atoms with Crippen LogP contribution in [-0.2, 0) is 4.79 Å². The molecule has 5 nitrogen and oxygen atoms in total. The zero-order valence-electron chi connectivity index (χ0n) is 14.2. The van der Waals surface area contributed by atoms with E-state index in [1.165, 1.54) is 0 Å². The topological polar surface area (TPSA) is 41.4 Å². The number of hydrogen-bond acceptors (Lipinski definition) is 3. The maximum absolute atomic E-state index is 13.6. The first-order valence-electron chi connectivity index (χ1n) is 8.84. The van der Waals surface area contributed by atoms with Gasteiger partial charge >= 0.3 is 6.55 Å². The molecule has 134 valence electrons. The molecule has 2 aromatic rings. The normalized spacial score (nSPS) is 20.4. The highest BCUT2D eigenvalue weighted by Crippen LogP contribution is 2.33. The van der Waals surface area contributed by atoms with E-state index in [1.54, 1.807) is 18.2 Å². The van der Waals surface area contributed by atoms with Gasteiger partial charge in [0.1, 0.15) is 5.82 Å². The number of fused-ring (bicyclic) bond motifs is 1. The fourth-order valence-electron chi connectivity index (χ4n) is 3.64. The number of benzene rings is 1. The van der Waals surface area contributed by atoms with Gasteiger partial charge in [0, 0.05) is 32.1 Å². The van der Waals surface area contributed by atoms with Crippen LogP contribution in [0, 0.1) is 5.92 Å². The smallest absolute Gasteiger partial charge is 0.320 e. The molecule has 25 heavy (non-hydrogen) atoms. The molecule has 2 heterocycles. The molecule has 0 bridgehead atoms. The summed E-state index contributed by atoms with van der Waals surface area (Å²) in [5, 5.41) is 0. The highest BCUT2D eigenvalue weighted by molar-refractivity contribution is 5.81. The van der Waals surface area contributed by atoms with Crippen LogP contribution in [0.5, 0.6) is 0 Å². The SMILES string of the molecule is CC(c1nc2ccccc2n1C(F)F)N1CCN(C(=O)C2CC2)CC1. The second-order valence-corrected chi connectivity index (χ2v) is 6.92. The molecule has 1 aromatic heterocycles. The monoisotopic (exact) mass is 348 g/mol. The second-order valence-electron chi connectivity index (χ2n) is 6.92. The first kappa shape index (κ1) is 16.4. The molecule has 4 rings (SSSR count). The molecule has 2 aliphatic rings. The molecule has 1 aromatic carbocycles. The van der Waals surface area contributed by atoms with Gasteiger partial charge < -0.3 is 4.90 Å². The van der Waals surface area contributed by atoms with Crippen LogP contribution in [-0.4, -0.2) is 51.4 Å². The van der Waals surface area contributed by atoms with Gasteiger partial charge in [-0.05, 0) is 31.9 Å². The van der Waals surface area contributed by atoms with Crippen molar-refractivity contribution in [1.29, 1.82) is 0 Å². The van der Waals surface area contributed by atoms with Crippen molar-refractivity contribution < 1.29 is 13.6 Å². The second kappa shape index (κ2) is 6.37. The molecule has 1 atom stereocenters. The van der Waals surface area contributed by atoms with Gasteiger partial charge in [0.05, 0.1) is 17.1 Å². The van der Waals surface area contributed by atoms with E-state index < -0.39 is 6.55 Å². The van der Waals surface area contributed by atoms with Gasteiger partial charge in [-0.3, -0.25) is 14.3 Å². The minimum atomic E-state index is -2.62. The lowest BCUT2D eigenvalue weighted by atomic mass is 10.2. The van der Waals surface area contributed by atoms with Crippen LogP contribution in [0.25, 0.3) is 11.0 Å². The molecule has 1 unspecified atom stereocenters. The molecule has 1 aliphatic heterocycles. The number of imidazole rings is 1. The molecule has 2 fully saturated rings. The number of carbonyl (C=O) groups is 1. The number of para-hydroxylation sites is 2. The average molecular weight is 348 g/mol. The van der Waals surface area contributed by atoms with Crippen LogP contribution in [0.3, 0.4) is 0 Å². The Balaban J connectivity index is 1.53. The van der Waals surface area contributed by atoms with Crippen LogP contribution in [0.2, 0.25) is 0 Å². The van der Waals surface area contributed by atoms with Crippen molar-refractivity contribution in [3.05, 3.63) is 30.1 Å². The Kier molecular flexibility index (Phi) is 4.19. The first-order valence-corrected chi connectivity index (χ1v) is 8.84. The molecule has 1 amide bonds. The lowest BCUT2D eigenvalue weighted by Gasteiger charge is -2.38. The van der Waals surface area contributed by atoms with E-state index in [4.69, 9.17) is 0 Å². The van der Waals surface area contributed by atoms with Gasteiger partial charge in [0.2, 0.25) is 5.91 Å². The number of hydrogen-bond donors (Lipinski definition) is 0. The Morgan fingerprint density at radius 3 is 2.48 bits per heavy atom. The summed E-state index contributed by atoms with van der Waals surface area (Å²) in [4.78, 5) is 20.7. The standard InChI is InChI=1S/C18H22F2N4O/c1-12(22-8-10-23(11-9-22)17(25)13-6-7-13)16-21-14-4-2-3-5-15(14)24(16)18(19)20/h2-5,12-13,18H,6-11H2,1H3. The maximum atomic E-state index is 13.6. The molecule has 0 spiro atoms. The van der Waals surface area contributed by atoms with Crippen LogP contribution in [0.4, 0.5) is 8.78 Å². The van der Waals surface area contributed by atoms with E-state index in [-0.39, 0.29) is 17.9 Å². The number of nitrogens with zero attached hydrogens (tertiary/aromatic N) is 4. The van der Waals surface area contributed by atoms with Gasteiger partial charge in [-0.25, -0.2) is 4.98 Å². The highest BCUT2D eigenvalue weighted by atomic mass is 19.3. The minimum Gasteiger partial charge on any atom is -0.340 e. The number of amides is 1. The predicted octanol–water partition coefficient (Wildman–Crippen LogP) is 3.05. The molecule has 1 saturated carbocycles. The van der Waals surface area contributed by atoms with Crippen molar-refractivity contribution >= 4 is 16.9 Å². The Labute approximate surface area is 145 Å². The Morgan fingerprint density at radius 2 is 1.84 bits per heavy atom. The van der Waals surface area contributed by atoms with Crippen LogP contribution in [0.1, 0.15) is 38.2 Å². The van der Waals surface area contributed by atoms with Crippen LogP contribution >= 0.6 is 0 Å². The summed E-state index contributed by atoms with van der Waals surface area (Å²) in [6, 6.07) is 6.77. The largest absolute Gasteiger partial charge is 0.340 e. The third-order valence-corrected chi connectivity index (χ3v) is 5.29. The number of alkyl halides is 2. The quantitative estimate of drug-likeness (QED) is 0.853. The lowest BCUT2D eigenvalue weighted by molar-refractivity contribution is -0.134. The van der Waals surface area contributed by atoms with Crippen molar-refractivity contribution in [2.45, 2.75) is 32.4 Å². The van der Waals surface area contributed by atoms with Gasteiger partial charge in [0.25, 0.3) is 0 Å². The van der Waals surface area contributed by atoms with Crippen molar-refractivity contribution in [2.75, 3.05) is 26.2 Å². The van der Waals surface area contributed by atoms with Crippen LogP contribution < -0.4 is 0 Å². The van der Waals surface area contributed by atoms with E-state index in [9.17, 15) is 13.6 Å². The molecule has 7 heteroatoms. The first-order chi connectivity index (χ1) is 12.1. The zero-order valence-corrected chi connectivity index (χ0v) is 14.2.